The molecule has 11 nitrogen and oxygen atoms in total. The summed E-state index contributed by atoms with van der Waals surface area (Å²) in [7, 11) is 0. The normalized spacial score (nSPS) is 23.0. The van der Waals surface area contributed by atoms with E-state index in [9.17, 15) is 24.0 Å². The van der Waals surface area contributed by atoms with Crippen LogP contribution in [0.4, 0.5) is 0 Å². The van der Waals surface area contributed by atoms with Crippen LogP contribution in [0.3, 0.4) is 0 Å². The quantitative estimate of drug-likeness (QED) is 0.166. The topological polar surface area (TPSA) is 142 Å². The number of esters is 1. The van der Waals surface area contributed by atoms with Crippen molar-refractivity contribution >= 4 is 30.1 Å². The number of carbonyl (C=O) groups excluding carboxylic acids is 5. The SMILES string of the molecule is CCOC(=O)C1CCCCN1C(=O)C(C)NC(=O)C(C)N(N)C(=O)C1CCCCN1C=O. The molecule has 11 heteroatoms. The first kappa shape index (κ1) is 25.6. The smallest absolute Gasteiger partial charge is 0.328 e. The molecule has 180 valence electrons. The molecule has 4 amide bonds. The summed E-state index contributed by atoms with van der Waals surface area (Å²) < 4.78 is 5.08. The molecule has 0 aromatic carbocycles. The number of ether oxygens (including phenoxy) is 1. The number of carbonyl (C=O) groups is 5. The Morgan fingerprint density at radius 1 is 1.09 bits per heavy atom. The number of rotatable bonds is 8. The van der Waals surface area contributed by atoms with E-state index in [1.165, 1.54) is 23.6 Å². The van der Waals surface area contributed by atoms with E-state index in [2.05, 4.69) is 5.32 Å². The standard InChI is InChI=1S/C21H35N5O6/c1-4-32-21(31)17-10-6-8-12-25(17)19(29)14(2)23-18(28)15(3)26(22)20(30)16-9-5-7-11-24(16)13-27/h13-17H,4-12,22H2,1-3H3,(H,23,28). The monoisotopic (exact) mass is 453 g/mol. The fourth-order valence-corrected chi connectivity index (χ4v) is 4.16. The van der Waals surface area contributed by atoms with Gasteiger partial charge in [-0.15, -0.1) is 0 Å². The first-order valence-electron chi connectivity index (χ1n) is 11.3. The minimum absolute atomic E-state index is 0.226. The maximum atomic E-state index is 13.0. The van der Waals surface area contributed by atoms with E-state index in [1.54, 1.807) is 6.92 Å². The molecule has 4 unspecified atom stereocenters. The van der Waals surface area contributed by atoms with Crippen LogP contribution >= 0.6 is 0 Å². The first-order chi connectivity index (χ1) is 15.2. The van der Waals surface area contributed by atoms with Crippen LogP contribution in [0, 0.1) is 0 Å². The molecule has 0 saturated carbocycles. The predicted octanol–water partition coefficient (Wildman–Crippen LogP) is -0.463. The number of hydrogen-bond acceptors (Lipinski definition) is 7. The molecule has 0 aliphatic carbocycles. The van der Waals surface area contributed by atoms with Gasteiger partial charge in [0.1, 0.15) is 24.2 Å². The average molecular weight is 454 g/mol. The van der Waals surface area contributed by atoms with Gasteiger partial charge < -0.3 is 19.9 Å². The lowest BCUT2D eigenvalue weighted by molar-refractivity contribution is -0.157. The van der Waals surface area contributed by atoms with Gasteiger partial charge in [0.15, 0.2) is 0 Å². The third kappa shape index (κ3) is 5.96. The van der Waals surface area contributed by atoms with Crippen LogP contribution in [0.5, 0.6) is 0 Å². The molecule has 2 heterocycles. The highest BCUT2D eigenvalue weighted by molar-refractivity contribution is 5.94. The van der Waals surface area contributed by atoms with Gasteiger partial charge in [-0.2, -0.15) is 0 Å². The van der Waals surface area contributed by atoms with Crippen molar-refractivity contribution in [1.29, 1.82) is 0 Å². The molecule has 0 aromatic heterocycles. The van der Waals surface area contributed by atoms with Gasteiger partial charge in [-0.25, -0.2) is 10.6 Å². The van der Waals surface area contributed by atoms with Crippen molar-refractivity contribution in [3.63, 3.8) is 0 Å². The molecule has 2 rings (SSSR count). The van der Waals surface area contributed by atoms with Gasteiger partial charge >= 0.3 is 5.97 Å². The van der Waals surface area contributed by atoms with Crippen LogP contribution in [0.15, 0.2) is 0 Å². The Hall–Kier alpha value is -2.69. The van der Waals surface area contributed by atoms with Gasteiger partial charge in [0.25, 0.3) is 5.91 Å². The number of amides is 4. The van der Waals surface area contributed by atoms with E-state index >= 15 is 0 Å². The number of nitrogens with one attached hydrogen (secondary N) is 1. The molecular formula is C21H35N5O6. The Labute approximate surface area is 188 Å². The van der Waals surface area contributed by atoms with Crippen molar-refractivity contribution in [1.82, 2.24) is 20.1 Å². The highest BCUT2D eigenvalue weighted by Crippen LogP contribution is 2.20. The Kier molecular flexibility index (Phi) is 9.42. The number of nitrogens with zero attached hydrogens (tertiary/aromatic N) is 3. The minimum atomic E-state index is -1.05. The van der Waals surface area contributed by atoms with Crippen LogP contribution in [0.2, 0.25) is 0 Å². The van der Waals surface area contributed by atoms with E-state index in [1.807, 2.05) is 0 Å². The minimum Gasteiger partial charge on any atom is -0.464 e. The zero-order chi connectivity index (χ0) is 23.8. The van der Waals surface area contributed by atoms with Crippen LogP contribution in [-0.2, 0) is 28.7 Å². The van der Waals surface area contributed by atoms with Crippen molar-refractivity contribution in [2.45, 2.75) is 83.5 Å². The second-order valence-corrected chi connectivity index (χ2v) is 8.30. The fourth-order valence-electron chi connectivity index (χ4n) is 4.16. The van der Waals surface area contributed by atoms with E-state index in [0.717, 1.165) is 30.7 Å². The van der Waals surface area contributed by atoms with E-state index in [0.29, 0.717) is 32.3 Å². The van der Waals surface area contributed by atoms with Crippen molar-refractivity contribution in [3.05, 3.63) is 0 Å². The molecule has 0 aromatic rings. The largest absolute Gasteiger partial charge is 0.464 e. The second-order valence-electron chi connectivity index (χ2n) is 8.30. The molecule has 0 bridgehead atoms. The van der Waals surface area contributed by atoms with Crippen molar-refractivity contribution in [2.75, 3.05) is 19.7 Å². The summed E-state index contributed by atoms with van der Waals surface area (Å²) in [5.74, 6) is 3.97. The molecule has 0 radical (unpaired) electrons. The molecule has 4 atom stereocenters. The van der Waals surface area contributed by atoms with Gasteiger partial charge in [0.05, 0.1) is 6.61 Å². The van der Waals surface area contributed by atoms with Crippen molar-refractivity contribution in [3.8, 4) is 0 Å². The third-order valence-electron chi connectivity index (χ3n) is 6.09. The zero-order valence-electron chi connectivity index (χ0n) is 19.1. The Morgan fingerprint density at radius 2 is 1.72 bits per heavy atom. The zero-order valence-corrected chi connectivity index (χ0v) is 19.1. The summed E-state index contributed by atoms with van der Waals surface area (Å²) in [5, 5.41) is 3.41. The molecule has 0 spiro atoms. The average Bonchev–Trinajstić information content (AvgIpc) is 2.82. The summed E-state index contributed by atoms with van der Waals surface area (Å²) in [6, 6.07) is -3.32. The maximum absolute atomic E-state index is 13.0. The Balaban J connectivity index is 1.98. The van der Waals surface area contributed by atoms with Gasteiger partial charge in [0, 0.05) is 13.1 Å². The van der Waals surface area contributed by atoms with Crippen LogP contribution in [0.25, 0.3) is 0 Å². The van der Waals surface area contributed by atoms with E-state index in [-0.39, 0.29) is 6.61 Å². The van der Waals surface area contributed by atoms with Gasteiger partial charge in [-0.3, -0.25) is 24.2 Å². The molecular weight excluding hydrogens is 418 g/mol. The second kappa shape index (κ2) is 11.8. The molecule has 32 heavy (non-hydrogen) atoms. The summed E-state index contributed by atoms with van der Waals surface area (Å²) >= 11 is 0. The number of likely N-dealkylation sites (tertiary alicyclic amines) is 2. The summed E-state index contributed by atoms with van der Waals surface area (Å²) in [5.41, 5.74) is 0. The lowest BCUT2D eigenvalue weighted by Crippen LogP contribution is -2.60. The molecule has 2 saturated heterocycles. The van der Waals surface area contributed by atoms with Gasteiger partial charge in [-0.05, 0) is 59.3 Å². The highest BCUT2D eigenvalue weighted by atomic mass is 16.5. The highest BCUT2D eigenvalue weighted by Gasteiger charge is 2.37. The van der Waals surface area contributed by atoms with Crippen LogP contribution in [0.1, 0.15) is 59.3 Å². The molecule has 2 fully saturated rings. The molecule has 3 N–H and O–H groups in total. The van der Waals surface area contributed by atoms with Gasteiger partial charge in [-0.1, -0.05) is 0 Å². The van der Waals surface area contributed by atoms with Crippen LogP contribution in [-0.4, -0.2) is 88.8 Å². The fraction of sp³-hybridized carbons (Fsp3) is 0.762. The Bertz CT molecular complexity index is 717. The number of hydrazine groups is 1. The summed E-state index contributed by atoms with van der Waals surface area (Å²) in [4.78, 5) is 64.8. The maximum Gasteiger partial charge on any atom is 0.328 e. The first-order valence-corrected chi connectivity index (χ1v) is 11.3. The third-order valence-corrected chi connectivity index (χ3v) is 6.09. The lowest BCUT2D eigenvalue weighted by atomic mass is 10.0. The molecule has 2 aliphatic heterocycles. The van der Waals surface area contributed by atoms with E-state index in [4.69, 9.17) is 10.6 Å². The lowest BCUT2D eigenvalue weighted by Gasteiger charge is -2.37. The van der Waals surface area contributed by atoms with Crippen LogP contribution < -0.4 is 11.2 Å². The Morgan fingerprint density at radius 3 is 2.34 bits per heavy atom. The molecule has 2 aliphatic rings. The van der Waals surface area contributed by atoms with Crippen molar-refractivity contribution < 1.29 is 28.7 Å². The van der Waals surface area contributed by atoms with E-state index < -0.39 is 47.9 Å². The van der Waals surface area contributed by atoms with Gasteiger partial charge in [0.2, 0.25) is 18.2 Å². The number of piperidine rings is 2. The number of hydrogen-bond donors (Lipinski definition) is 2. The summed E-state index contributed by atoms with van der Waals surface area (Å²) in [6.07, 6.45) is 4.80. The predicted molar refractivity (Wildman–Crippen MR) is 114 cm³/mol. The number of nitrogens with two attached hydrogens (primary N) is 1. The van der Waals surface area contributed by atoms with Crippen molar-refractivity contribution in [2.24, 2.45) is 5.84 Å². The summed E-state index contributed by atoms with van der Waals surface area (Å²) in [6.45, 7) is 5.80.